The maximum Gasteiger partial charge on any atom is 0.494 e. The third kappa shape index (κ3) is 4.48. The van der Waals surface area contributed by atoms with Crippen LogP contribution in [-0.2, 0) is 14.7 Å². The maximum absolute atomic E-state index is 6.27. The van der Waals surface area contributed by atoms with Crippen molar-refractivity contribution >= 4 is 12.6 Å². The summed E-state index contributed by atoms with van der Waals surface area (Å²) in [5.41, 5.74) is 4.87. The second-order valence-corrected chi connectivity index (χ2v) is 14.8. The molecule has 0 N–H and O–H groups in total. The molecule has 4 aliphatic rings. The van der Waals surface area contributed by atoms with Crippen molar-refractivity contribution in [1.82, 2.24) is 15.0 Å². The van der Waals surface area contributed by atoms with Gasteiger partial charge < -0.3 is 9.31 Å². The summed E-state index contributed by atoms with van der Waals surface area (Å²) in [5.74, 6) is 6.01. The highest BCUT2D eigenvalue weighted by Crippen LogP contribution is 2.67. The average Bonchev–Trinajstić information content (AvgIpc) is 3.21. The zero-order chi connectivity index (χ0) is 29.6. The third-order valence-corrected chi connectivity index (χ3v) is 11.5. The Labute approximate surface area is 255 Å². The van der Waals surface area contributed by atoms with Crippen LogP contribution in [0.4, 0.5) is 0 Å². The molecule has 43 heavy (non-hydrogen) atoms. The summed E-state index contributed by atoms with van der Waals surface area (Å²) in [6, 6.07) is 27.5. The highest BCUT2D eigenvalue weighted by molar-refractivity contribution is 6.62. The minimum Gasteiger partial charge on any atom is -0.399 e. The van der Waals surface area contributed by atoms with Crippen molar-refractivity contribution in [3.05, 3.63) is 84.4 Å². The van der Waals surface area contributed by atoms with E-state index in [1.165, 1.54) is 31.2 Å². The normalized spacial score (nSPS) is 29.8. The molecular formula is C37H40BN3O2. The van der Waals surface area contributed by atoms with Gasteiger partial charge in [-0.1, -0.05) is 85.8 Å². The molecule has 1 saturated heterocycles. The lowest BCUT2D eigenvalue weighted by Gasteiger charge is -2.65. The Kier molecular flexibility index (Phi) is 6.06. The zero-order valence-corrected chi connectivity index (χ0v) is 25.9. The van der Waals surface area contributed by atoms with Crippen LogP contribution in [0.15, 0.2) is 78.9 Å². The lowest BCUT2D eigenvalue weighted by atomic mass is 9.39. The molecule has 3 aliphatic carbocycles. The van der Waals surface area contributed by atoms with Gasteiger partial charge in [-0.3, -0.25) is 0 Å². The van der Waals surface area contributed by atoms with Crippen LogP contribution in [0.5, 0.6) is 0 Å². The van der Waals surface area contributed by atoms with Gasteiger partial charge >= 0.3 is 7.12 Å². The fourth-order valence-electron chi connectivity index (χ4n) is 8.32. The summed E-state index contributed by atoms with van der Waals surface area (Å²) in [6.07, 6.45) is 5.59. The Balaban J connectivity index is 1.11. The van der Waals surface area contributed by atoms with E-state index < -0.39 is 7.12 Å². The van der Waals surface area contributed by atoms with E-state index in [1.807, 2.05) is 18.2 Å². The number of hydrogen-bond acceptors (Lipinski definition) is 5. The molecule has 1 aliphatic heterocycles. The van der Waals surface area contributed by atoms with E-state index in [0.29, 0.717) is 17.5 Å². The van der Waals surface area contributed by atoms with E-state index in [1.54, 1.807) is 0 Å². The summed E-state index contributed by atoms with van der Waals surface area (Å²) >= 11 is 0. The van der Waals surface area contributed by atoms with Crippen LogP contribution in [0.25, 0.3) is 34.2 Å². The summed E-state index contributed by atoms with van der Waals surface area (Å²) in [6.45, 7) is 10.8. The summed E-state index contributed by atoms with van der Waals surface area (Å²) in [4.78, 5) is 14.9. The SMILES string of the molecule is CC1(c2ccc(-c3nc(-c4ccccc4)nc(-c4ccc(B5OC(C)(C)C(C)(C)O5)cc4)n3)cc2)C[C@H]2CC3C[C@@H](C1)C32. The van der Waals surface area contributed by atoms with Crippen molar-refractivity contribution in [3.8, 4) is 34.2 Å². The van der Waals surface area contributed by atoms with Crippen molar-refractivity contribution in [2.75, 3.05) is 0 Å². The van der Waals surface area contributed by atoms with Crippen molar-refractivity contribution in [1.29, 1.82) is 0 Å². The van der Waals surface area contributed by atoms with E-state index in [-0.39, 0.29) is 16.6 Å². The van der Waals surface area contributed by atoms with E-state index in [2.05, 4.69) is 95.3 Å². The topological polar surface area (TPSA) is 57.1 Å². The molecule has 2 heterocycles. The van der Waals surface area contributed by atoms with E-state index in [9.17, 15) is 0 Å². The van der Waals surface area contributed by atoms with Gasteiger partial charge in [0.05, 0.1) is 11.2 Å². The zero-order valence-electron chi connectivity index (χ0n) is 25.9. The van der Waals surface area contributed by atoms with Crippen LogP contribution < -0.4 is 5.46 Å². The summed E-state index contributed by atoms with van der Waals surface area (Å²) in [7, 11) is -0.404. The molecule has 3 unspecified atom stereocenters. The fraction of sp³-hybridized carbons (Fsp3) is 0.432. The van der Waals surface area contributed by atoms with Crippen molar-refractivity contribution in [2.24, 2.45) is 23.7 Å². The molecule has 0 spiro atoms. The number of benzene rings is 3. The highest BCUT2D eigenvalue weighted by Gasteiger charge is 2.59. The standard InChI is InChI=1S/C37H40BN3O2/c1-35(2)36(3,4)43-38(42-35)30-17-13-25(14-18-30)34-40-32(23-9-7-6-8-10-23)39-33(41-34)24-11-15-29(16-12-24)37(5)21-27-19-26-20-28(22-37)31(26)27/h6-18,26-28,31H,19-22H2,1-5H3/t26?,27-,28+,31?,37?. The second-order valence-electron chi connectivity index (χ2n) is 14.8. The van der Waals surface area contributed by atoms with Gasteiger partial charge in [0, 0.05) is 16.7 Å². The molecule has 6 heteroatoms. The summed E-state index contributed by atoms with van der Waals surface area (Å²) < 4.78 is 12.5. The van der Waals surface area contributed by atoms with Gasteiger partial charge in [0.1, 0.15) is 0 Å². The molecule has 0 radical (unpaired) electrons. The van der Waals surface area contributed by atoms with Gasteiger partial charge in [0.25, 0.3) is 0 Å². The number of aromatic nitrogens is 3. The first kappa shape index (κ1) is 27.2. The molecule has 3 saturated carbocycles. The number of nitrogens with zero attached hydrogens (tertiary/aromatic N) is 3. The Morgan fingerprint density at radius 2 is 1.05 bits per heavy atom. The highest BCUT2D eigenvalue weighted by atomic mass is 16.7. The van der Waals surface area contributed by atoms with Gasteiger partial charge in [-0.15, -0.1) is 0 Å². The Morgan fingerprint density at radius 3 is 1.53 bits per heavy atom. The number of rotatable bonds is 5. The molecule has 1 aromatic heterocycles. The molecule has 4 aromatic rings. The molecule has 218 valence electrons. The maximum atomic E-state index is 6.27. The average molecular weight is 570 g/mol. The molecule has 8 rings (SSSR count). The first-order valence-corrected chi connectivity index (χ1v) is 16.0. The Morgan fingerprint density at radius 1 is 0.581 bits per heavy atom. The number of hydrogen-bond donors (Lipinski definition) is 0. The van der Waals surface area contributed by atoms with Crippen LogP contribution in [0.1, 0.15) is 65.9 Å². The molecular weight excluding hydrogens is 529 g/mol. The van der Waals surface area contributed by atoms with Crippen molar-refractivity contribution in [2.45, 2.75) is 76.9 Å². The lowest BCUT2D eigenvalue weighted by Crippen LogP contribution is -2.58. The molecule has 0 bridgehead atoms. The predicted molar refractivity (Wildman–Crippen MR) is 172 cm³/mol. The van der Waals surface area contributed by atoms with E-state index in [4.69, 9.17) is 24.3 Å². The lowest BCUT2D eigenvalue weighted by molar-refractivity contribution is -0.141. The largest absolute Gasteiger partial charge is 0.494 e. The second kappa shape index (κ2) is 9.58. The molecule has 5 atom stereocenters. The first-order valence-electron chi connectivity index (χ1n) is 16.0. The predicted octanol–water partition coefficient (Wildman–Crippen LogP) is 7.50. The Hall–Kier alpha value is -3.35. The van der Waals surface area contributed by atoms with Crippen molar-refractivity contribution in [3.63, 3.8) is 0 Å². The molecule has 5 nitrogen and oxygen atoms in total. The van der Waals surface area contributed by atoms with E-state index >= 15 is 0 Å². The molecule has 3 aromatic carbocycles. The Bertz CT molecular complexity index is 1640. The van der Waals surface area contributed by atoms with E-state index in [0.717, 1.165) is 45.8 Å². The minimum absolute atomic E-state index is 0.272. The van der Waals surface area contributed by atoms with Gasteiger partial charge in [-0.25, -0.2) is 15.0 Å². The minimum atomic E-state index is -0.404. The first-order chi connectivity index (χ1) is 20.6. The molecule has 0 amide bonds. The van der Waals surface area contributed by atoms with Gasteiger partial charge in [-0.2, -0.15) is 0 Å². The van der Waals surface area contributed by atoms with Crippen LogP contribution in [0, 0.1) is 23.7 Å². The van der Waals surface area contributed by atoms with Crippen LogP contribution in [0.2, 0.25) is 0 Å². The monoisotopic (exact) mass is 569 g/mol. The van der Waals surface area contributed by atoms with Gasteiger partial charge in [-0.05, 0) is 93.5 Å². The van der Waals surface area contributed by atoms with Crippen molar-refractivity contribution < 1.29 is 9.31 Å². The smallest absolute Gasteiger partial charge is 0.399 e. The third-order valence-electron chi connectivity index (χ3n) is 11.5. The van der Waals surface area contributed by atoms with Crippen LogP contribution in [0.3, 0.4) is 0 Å². The summed E-state index contributed by atoms with van der Waals surface area (Å²) in [5, 5.41) is 0. The molecule has 4 fully saturated rings. The van der Waals surface area contributed by atoms with Gasteiger partial charge in [0.15, 0.2) is 17.5 Å². The van der Waals surface area contributed by atoms with Crippen LogP contribution >= 0.6 is 0 Å². The fourth-order valence-corrected chi connectivity index (χ4v) is 8.32. The quantitative estimate of drug-likeness (QED) is 0.233. The van der Waals surface area contributed by atoms with Crippen LogP contribution in [-0.4, -0.2) is 33.3 Å². The van der Waals surface area contributed by atoms with Gasteiger partial charge in [0.2, 0.25) is 0 Å².